The predicted molar refractivity (Wildman–Crippen MR) is 70.0 cm³/mol. The van der Waals surface area contributed by atoms with Crippen LogP contribution in [0, 0.1) is 0 Å². The first kappa shape index (κ1) is 13.6. The van der Waals surface area contributed by atoms with E-state index in [1.165, 1.54) is 6.20 Å². The van der Waals surface area contributed by atoms with Crippen LogP contribution in [-0.4, -0.2) is 23.5 Å². The number of aromatic nitrogens is 1. The molecule has 0 saturated carbocycles. The Hall–Kier alpha value is -1.49. The largest absolute Gasteiger partial charge is 0.397 e. The molecule has 0 unspecified atom stereocenters. The minimum absolute atomic E-state index is 0.000863. The van der Waals surface area contributed by atoms with Crippen LogP contribution in [0.1, 0.15) is 20.3 Å². The molecule has 0 aliphatic rings. The van der Waals surface area contributed by atoms with Crippen LogP contribution < -0.4 is 16.4 Å². The first-order valence-electron chi connectivity index (χ1n) is 5.43. The number of anilines is 2. The molecule has 5 nitrogen and oxygen atoms in total. The maximum absolute atomic E-state index is 11.4. The number of hydrogen-bond donors (Lipinski definition) is 3. The average Bonchev–Trinajstić information content (AvgIpc) is 2.20. The SMILES string of the molecule is CC(C)NC(=O)CCNc1ncc(N)cc1Cl. The van der Waals surface area contributed by atoms with Gasteiger partial charge in [0.2, 0.25) is 5.91 Å². The summed E-state index contributed by atoms with van der Waals surface area (Å²) in [6, 6.07) is 1.77. The fraction of sp³-hybridized carbons (Fsp3) is 0.455. The molecule has 0 bridgehead atoms. The standard InChI is InChI=1S/C11H17ClN4O/c1-7(2)16-10(17)3-4-14-11-9(12)5-8(13)6-15-11/h5-7H,3-4,13H2,1-2H3,(H,14,15)(H,16,17). The maximum atomic E-state index is 11.4. The summed E-state index contributed by atoms with van der Waals surface area (Å²) >= 11 is 5.92. The van der Waals surface area contributed by atoms with E-state index in [2.05, 4.69) is 15.6 Å². The molecule has 0 aromatic carbocycles. The zero-order chi connectivity index (χ0) is 12.8. The topological polar surface area (TPSA) is 80.0 Å². The van der Waals surface area contributed by atoms with E-state index in [0.717, 1.165) is 0 Å². The third-order valence-electron chi connectivity index (χ3n) is 1.96. The zero-order valence-corrected chi connectivity index (χ0v) is 10.7. The molecule has 0 saturated heterocycles. The van der Waals surface area contributed by atoms with Crippen molar-refractivity contribution in [3.05, 3.63) is 17.3 Å². The Morgan fingerprint density at radius 3 is 2.88 bits per heavy atom. The van der Waals surface area contributed by atoms with Crippen molar-refractivity contribution in [3.63, 3.8) is 0 Å². The second-order valence-electron chi connectivity index (χ2n) is 4.00. The van der Waals surface area contributed by atoms with Crippen molar-refractivity contribution in [1.82, 2.24) is 10.3 Å². The van der Waals surface area contributed by atoms with Gasteiger partial charge in [-0.2, -0.15) is 0 Å². The van der Waals surface area contributed by atoms with Crippen molar-refractivity contribution in [2.75, 3.05) is 17.6 Å². The highest BCUT2D eigenvalue weighted by molar-refractivity contribution is 6.33. The molecule has 17 heavy (non-hydrogen) atoms. The first-order chi connectivity index (χ1) is 7.99. The third kappa shape index (κ3) is 4.91. The van der Waals surface area contributed by atoms with E-state index in [1.54, 1.807) is 6.07 Å². The van der Waals surface area contributed by atoms with Crippen molar-refractivity contribution in [3.8, 4) is 0 Å². The molecule has 6 heteroatoms. The van der Waals surface area contributed by atoms with Crippen molar-refractivity contribution >= 4 is 29.0 Å². The van der Waals surface area contributed by atoms with E-state index in [0.29, 0.717) is 29.5 Å². The van der Waals surface area contributed by atoms with Gasteiger partial charge in [0.25, 0.3) is 0 Å². The Morgan fingerprint density at radius 2 is 2.29 bits per heavy atom. The summed E-state index contributed by atoms with van der Waals surface area (Å²) in [5, 5.41) is 6.24. The Morgan fingerprint density at radius 1 is 1.59 bits per heavy atom. The number of carbonyl (C=O) groups is 1. The molecule has 0 aliphatic heterocycles. The quantitative estimate of drug-likeness (QED) is 0.748. The summed E-state index contributed by atoms with van der Waals surface area (Å²) < 4.78 is 0. The number of nitrogens with one attached hydrogen (secondary N) is 2. The van der Waals surface area contributed by atoms with Gasteiger partial charge in [0, 0.05) is 19.0 Å². The minimum Gasteiger partial charge on any atom is -0.397 e. The fourth-order valence-electron chi connectivity index (χ4n) is 1.27. The van der Waals surface area contributed by atoms with Crippen molar-refractivity contribution < 1.29 is 4.79 Å². The van der Waals surface area contributed by atoms with E-state index in [9.17, 15) is 4.79 Å². The van der Waals surface area contributed by atoms with Gasteiger partial charge in [-0.1, -0.05) is 11.6 Å². The monoisotopic (exact) mass is 256 g/mol. The normalized spacial score (nSPS) is 10.4. The number of nitrogens with two attached hydrogens (primary N) is 1. The van der Waals surface area contributed by atoms with E-state index in [-0.39, 0.29) is 11.9 Å². The molecular weight excluding hydrogens is 240 g/mol. The number of amides is 1. The summed E-state index contributed by atoms with van der Waals surface area (Å²) in [4.78, 5) is 15.4. The molecule has 1 aromatic heterocycles. The van der Waals surface area contributed by atoms with Crippen LogP contribution in [0.3, 0.4) is 0 Å². The van der Waals surface area contributed by atoms with Gasteiger partial charge < -0.3 is 16.4 Å². The molecule has 4 N–H and O–H groups in total. The van der Waals surface area contributed by atoms with Crippen molar-refractivity contribution in [2.24, 2.45) is 0 Å². The molecular formula is C11H17ClN4O. The van der Waals surface area contributed by atoms with Crippen molar-refractivity contribution in [2.45, 2.75) is 26.3 Å². The van der Waals surface area contributed by atoms with Crippen LogP contribution in [0.5, 0.6) is 0 Å². The Bertz CT molecular complexity index is 395. The van der Waals surface area contributed by atoms with Gasteiger partial charge in [-0.15, -0.1) is 0 Å². The first-order valence-corrected chi connectivity index (χ1v) is 5.81. The second-order valence-corrected chi connectivity index (χ2v) is 4.41. The summed E-state index contributed by atoms with van der Waals surface area (Å²) in [5.41, 5.74) is 6.03. The highest BCUT2D eigenvalue weighted by atomic mass is 35.5. The molecule has 0 fully saturated rings. The summed E-state index contributed by atoms with van der Waals surface area (Å²) in [6.45, 7) is 4.32. The average molecular weight is 257 g/mol. The molecule has 0 spiro atoms. The smallest absolute Gasteiger partial charge is 0.221 e. The van der Waals surface area contributed by atoms with Crippen LogP contribution in [0.15, 0.2) is 12.3 Å². The van der Waals surface area contributed by atoms with E-state index >= 15 is 0 Å². The number of rotatable bonds is 5. The minimum atomic E-state index is -0.000863. The molecule has 0 aliphatic carbocycles. The van der Waals surface area contributed by atoms with Gasteiger partial charge in [-0.05, 0) is 19.9 Å². The molecule has 1 rings (SSSR count). The molecule has 94 valence electrons. The van der Waals surface area contributed by atoms with Crippen LogP contribution in [0.25, 0.3) is 0 Å². The van der Waals surface area contributed by atoms with Gasteiger partial charge in [0.1, 0.15) is 5.82 Å². The number of nitrogen functional groups attached to an aromatic ring is 1. The van der Waals surface area contributed by atoms with Crippen molar-refractivity contribution in [1.29, 1.82) is 0 Å². The Kier molecular flexibility index (Phi) is 5.03. The lowest BCUT2D eigenvalue weighted by atomic mass is 10.3. The number of hydrogen-bond acceptors (Lipinski definition) is 4. The third-order valence-corrected chi connectivity index (χ3v) is 2.24. The van der Waals surface area contributed by atoms with Gasteiger partial charge in [0.05, 0.1) is 16.9 Å². The number of halogens is 1. The maximum Gasteiger partial charge on any atom is 0.221 e. The molecule has 1 aromatic rings. The fourth-order valence-corrected chi connectivity index (χ4v) is 1.51. The lowest BCUT2D eigenvalue weighted by Gasteiger charge is -2.10. The molecule has 1 amide bonds. The second kappa shape index (κ2) is 6.30. The van der Waals surface area contributed by atoms with Gasteiger partial charge in [0.15, 0.2) is 0 Å². The summed E-state index contributed by atoms with van der Waals surface area (Å²) in [5.74, 6) is 0.539. The van der Waals surface area contributed by atoms with Crippen LogP contribution in [-0.2, 0) is 4.79 Å². The molecule has 1 heterocycles. The number of carbonyl (C=O) groups excluding carboxylic acids is 1. The van der Waals surface area contributed by atoms with Gasteiger partial charge in [-0.25, -0.2) is 4.98 Å². The number of pyridine rings is 1. The van der Waals surface area contributed by atoms with Crippen LogP contribution in [0.4, 0.5) is 11.5 Å². The van der Waals surface area contributed by atoms with Crippen LogP contribution >= 0.6 is 11.6 Å². The lowest BCUT2D eigenvalue weighted by Crippen LogP contribution is -2.31. The highest BCUT2D eigenvalue weighted by Crippen LogP contribution is 2.20. The lowest BCUT2D eigenvalue weighted by molar-refractivity contribution is -0.121. The Labute approximate surface area is 106 Å². The van der Waals surface area contributed by atoms with E-state index < -0.39 is 0 Å². The van der Waals surface area contributed by atoms with Gasteiger partial charge >= 0.3 is 0 Å². The predicted octanol–water partition coefficient (Wildman–Crippen LogP) is 1.64. The molecule has 0 radical (unpaired) electrons. The highest BCUT2D eigenvalue weighted by Gasteiger charge is 2.05. The summed E-state index contributed by atoms with van der Waals surface area (Å²) in [7, 11) is 0. The van der Waals surface area contributed by atoms with E-state index in [1.807, 2.05) is 13.8 Å². The zero-order valence-electron chi connectivity index (χ0n) is 9.96. The van der Waals surface area contributed by atoms with Gasteiger partial charge in [-0.3, -0.25) is 4.79 Å². The van der Waals surface area contributed by atoms with Crippen LogP contribution in [0.2, 0.25) is 5.02 Å². The number of nitrogens with zero attached hydrogens (tertiary/aromatic N) is 1. The summed E-state index contributed by atoms with van der Waals surface area (Å²) in [6.07, 6.45) is 1.89. The Balaban J connectivity index is 2.38. The molecule has 0 atom stereocenters. The van der Waals surface area contributed by atoms with E-state index in [4.69, 9.17) is 17.3 Å².